The van der Waals surface area contributed by atoms with Crippen molar-refractivity contribution >= 4 is 29.0 Å². The summed E-state index contributed by atoms with van der Waals surface area (Å²) < 4.78 is 0. The van der Waals surface area contributed by atoms with Crippen molar-refractivity contribution in [1.82, 2.24) is 9.88 Å². The number of amides is 1. The number of halogens is 1. The van der Waals surface area contributed by atoms with Crippen molar-refractivity contribution in [3.8, 4) is 0 Å². The van der Waals surface area contributed by atoms with Crippen LogP contribution < -0.4 is 11.1 Å². The zero-order valence-electron chi connectivity index (χ0n) is 10.9. The molecule has 0 atom stereocenters. The maximum absolute atomic E-state index is 11.9. The highest BCUT2D eigenvalue weighted by Gasteiger charge is 2.15. The molecule has 1 aliphatic heterocycles. The molecule has 0 radical (unpaired) electrons. The molecule has 0 saturated carbocycles. The molecule has 0 spiro atoms. The van der Waals surface area contributed by atoms with Crippen LogP contribution in [0.2, 0.25) is 5.15 Å². The number of carbonyl (C=O) groups is 1. The third kappa shape index (κ3) is 4.28. The number of carbonyl (C=O) groups excluding carboxylic acids is 1. The summed E-state index contributed by atoms with van der Waals surface area (Å²) in [6.07, 6.45) is 3.93. The Balaban J connectivity index is 1.77. The van der Waals surface area contributed by atoms with E-state index in [1.165, 1.54) is 6.42 Å². The second-order valence-electron chi connectivity index (χ2n) is 4.73. The van der Waals surface area contributed by atoms with Crippen molar-refractivity contribution in [3.63, 3.8) is 0 Å². The molecule has 1 saturated heterocycles. The predicted octanol–water partition coefficient (Wildman–Crippen LogP) is 2.13. The highest BCUT2D eigenvalue weighted by molar-refractivity contribution is 6.29. The lowest BCUT2D eigenvalue weighted by Crippen LogP contribution is -2.36. The first-order valence-corrected chi connectivity index (χ1v) is 6.97. The molecular formula is C13H19ClN4O. The molecule has 104 valence electrons. The summed E-state index contributed by atoms with van der Waals surface area (Å²) in [5.41, 5.74) is 6.23. The zero-order chi connectivity index (χ0) is 13.7. The van der Waals surface area contributed by atoms with E-state index in [2.05, 4.69) is 10.3 Å². The Morgan fingerprint density at radius 2 is 2.11 bits per heavy atom. The van der Waals surface area contributed by atoms with Crippen molar-refractivity contribution in [2.75, 3.05) is 30.7 Å². The van der Waals surface area contributed by atoms with Crippen LogP contribution >= 0.6 is 11.6 Å². The lowest BCUT2D eigenvalue weighted by atomic mass is 10.1. The maximum Gasteiger partial charge on any atom is 0.224 e. The van der Waals surface area contributed by atoms with Crippen LogP contribution in [0.1, 0.15) is 25.7 Å². The number of piperidine rings is 1. The highest BCUT2D eigenvalue weighted by atomic mass is 35.5. The van der Waals surface area contributed by atoms with E-state index in [1.54, 1.807) is 12.1 Å². The van der Waals surface area contributed by atoms with Crippen LogP contribution in [0.25, 0.3) is 0 Å². The van der Waals surface area contributed by atoms with Crippen LogP contribution in [-0.4, -0.2) is 35.4 Å². The third-order valence-electron chi connectivity index (χ3n) is 3.17. The van der Waals surface area contributed by atoms with Crippen molar-refractivity contribution in [3.05, 3.63) is 17.3 Å². The lowest BCUT2D eigenvalue weighted by Gasteiger charge is -2.26. The minimum absolute atomic E-state index is 0.196. The summed E-state index contributed by atoms with van der Waals surface area (Å²) in [6, 6.07) is 3.29. The van der Waals surface area contributed by atoms with Gasteiger partial charge in [0.1, 0.15) is 11.0 Å². The first kappa shape index (κ1) is 13.9. The molecule has 5 nitrogen and oxygen atoms in total. The average molecular weight is 283 g/mol. The normalized spacial score (nSPS) is 15.3. The van der Waals surface area contributed by atoms with Gasteiger partial charge in [0.2, 0.25) is 5.91 Å². The number of pyridine rings is 1. The van der Waals surface area contributed by atoms with Gasteiger partial charge in [-0.2, -0.15) is 0 Å². The van der Waals surface area contributed by atoms with Gasteiger partial charge in [0.15, 0.2) is 0 Å². The molecule has 0 unspecified atom stereocenters. The highest BCUT2D eigenvalue weighted by Crippen LogP contribution is 2.16. The summed E-state index contributed by atoms with van der Waals surface area (Å²) in [7, 11) is 0. The lowest BCUT2D eigenvalue weighted by molar-refractivity contribution is -0.131. The minimum Gasteiger partial charge on any atom is -0.399 e. The van der Waals surface area contributed by atoms with Gasteiger partial charge in [-0.05, 0) is 25.3 Å². The van der Waals surface area contributed by atoms with Crippen LogP contribution in [0.3, 0.4) is 0 Å². The number of hydrogen-bond donors (Lipinski definition) is 2. The molecule has 2 rings (SSSR count). The van der Waals surface area contributed by atoms with Crippen molar-refractivity contribution in [1.29, 1.82) is 0 Å². The van der Waals surface area contributed by atoms with E-state index >= 15 is 0 Å². The van der Waals surface area contributed by atoms with E-state index < -0.39 is 0 Å². The zero-order valence-corrected chi connectivity index (χ0v) is 11.6. The van der Waals surface area contributed by atoms with Crippen LogP contribution in [0.4, 0.5) is 11.5 Å². The van der Waals surface area contributed by atoms with E-state index in [-0.39, 0.29) is 5.91 Å². The van der Waals surface area contributed by atoms with E-state index in [0.717, 1.165) is 25.9 Å². The number of likely N-dealkylation sites (tertiary alicyclic amines) is 1. The van der Waals surface area contributed by atoms with Crippen molar-refractivity contribution in [2.24, 2.45) is 0 Å². The Labute approximate surface area is 118 Å². The quantitative estimate of drug-likeness (QED) is 0.830. The SMILES string of the molecule is Nc1cc(Cl)nc(NCCC(=O)N2CCCCC2)c1. The van der Waals surface area contributed by atoms with Crippen molar-refractivity contribution < 1.29 is 4.79 Å². The molecule has 19 heavy (non-hydrogen) atoms. The fourth-order valence-electron chi connectivity index (χ4n) is 2.21. The molecule has 6 heteroatoms. The number of nitrogens with one attached hydrogen (secondary N) is 1. The maximum atomic E-state index is 11.9. The van der Waals surface area contributed by atoms with Gasteiger partial charge in [0.05, 0.1) is 0 Å². The van der Waals surface area contributed by atoms with E-state index in [9.17, 15) is 4.79 Å². The van der Waals surface area contributed by atoms with E-state index in [0.29, 0.717) is 29.6 Å². The van der Waals surface area contributed by atoms with E-state index in [1.807, 2.05) is 4.90 Å². The Morgan fingerprint density at radius 3 is 2.79 bits per heavy atom. The summed E-state index contributed by atoms with van der Waals surface area (Å²) in [5.74, 6) is 0.804. The predicted molar refractivity (Wildman–Crippen MR) is 77.2 cm³/mol. The molecule has 1 aromatic rings. The monoisotopic (exact) mass is 282 g/mol. The van der Waals surface area contributed by atoms with Gasteiger partial charge in [-0.3, -0.25) is 4.79 Å². The molecular weight excluding hydrogens is 264 g/mol. The fraction of sp³-hybridized carbons (Fsp3) is 0.538. The number of nitrogen functional groups attached to an aromatic ring is 1. The number of aromatic nitrogens is 1. The molecule has 0 bridgehead atoms. The molecule has 1 fully saturated rings. The number of nitrogens with zero attached hydrogens (tertiary/aromatic N) is 2. The molecule has 1 aromatic heterocycles. The number of rotatable bonds is 4. The standard InChI is InChI=1S/C13H19ClN4O/c14-11-8-10(15)9-12(17-11)16-5-4-13(19)18-6-2-1-3-7-18/h8-9H,1-7H2,(H3,15,16,17). The topological polar surface area (TPSA) is 71.2 Å². The van der Waals surface area contributed by atoms with Gasteiger partial charge in [0, 0.05) is 37.8 Å². The second kappa shape index (κ2) is 6.61. The number of anilines is 2. The summed E-state index contributed by atoms with van der Waals surface area (Å²) in [4.78, 5) is 18.0. The first-order chi connectivity index (χ1) is 9.15. The Bertz CT molecular complexity index is 426. The Kier molecular flexibility index (Phi) is 4.85. The molecule has 1 amide bonds. The third-order valence-corrected chi connectivity index (χ3v) is 3.36. The largest absolute Gasteiger partial charge is 0.399 e. The van der Waals surface area contributed by atoms with Gasteiger partial charge in [-0.25, -0.2) is 4.98 Å². The fourth-order valence-corrected chi connectivity index (χ4v) is 2.42. The van der Waals surface area contributed by atoms with Crippen LogP contribution in [-0.2, 0) is 4.79 Å². The molecule has 3 N–H and O–H groups in total. The van der Waals surface area contributed by atoms with Gasteiger partial charge in [0.25, 0.3) is 0 Å². The second-order valence-corrected chi connectivity index (χ2v) is 5.11. The summed E-state index contributed by atoms with van der Waals surface area (Å²) >= 11 is 5.81. The van der Waals surface area contributed by atoms with Crippen LogP contribution in [0.5, 0.6) is 0 Å². The van der Waals surface area contributed by atoms with Crippen LogP contribution in [0, 0.1) is 0 Å². The van der Waals surface area contributed by atoms with E-state index in [4.69, 9.17) is 17.3 Å². The number of hydrogen-bond acceptors (Lipinski definition) is 4. The molecule has 0 aromatic carbocycles. The minimum atomic E-state index is 0.196. The first-order valence-electron chi connectivity index (χ1n) is 6.60. The van der Waals surface area contributed by atoms with Crippen LogP contribution in [0.15, 0.2) is 12.1 Å². The molecule has 0 aliphatic carbocycles. The van der Waals surface area contributed by atoms with Gasteiger partial charge < -0.3 is 16.0 Å². The van der Waals surface area contributed by atoms with Gasteiger partial charge in [-0.1, -0.05) is 11.6 Å². The van der Waals surface area contributed by atoms with Crippen molar-refractivity contribution in [2.45, 2.75) is 25.7 Å². The summed E-state index contributed by atoms with van der Waals surface area (Å²) in [6.45, 7) is 2.32. The Morgan fingerprint density at radius 1 is 1.37 bits per heavy atom. The van der Waals surface area contributed by atoms with Gasteiger partial charge in [-0.15, -0.1) is 0 Å². The smallest absolute Gasteiger partial charge is 0.224 e. The number of nitrogens with two attached hydrogens (primary N) is 1. The average Bonchev–Trinajstić information content (AvgIpc) is 2.38. The molecule has 2 heterocycles. The summed E-state index contributed by atoms with van der Waals surface area (Å²) in [5, 5.41) is 3.42. The molecule has 1 aliphatic rings. The Hall–Kier alpha value is -1.49. The van der Waals surface area contributed by atoms with Gasteiger partial charge >= 0.3 is 0 Å².